The van der Waals surface area contributed by atoms with Crippen LogP contribution in [0.1, 0.15) is 18.4 Å². The number of benzene rings is 3. The summed E-state index contributed by atoms with van der Waals surface area (Å²) in [4.78, 5) is 22.9. The molecule has 4 rings (SSSR count). The number of halogens is 1. The molecule has 0 radical (unpaired) electrons. The fourth-order valence-corrected chi connectivity index (χ4v) is 8.06. The number of hydrogen-bond acceptors (Lipinski definition) is 9. The van der Waals surface area contributed by atoms with Gasteiger partial charge in [-0.1, -0.05) is 49.0 Å². The smallest absolute Gasteiger partial charge is 0.270 e. The van der Waals surface area contributed by atoms with Crippen LogP contribution < -0.4 is 0 Å². The maximum absolute atomic E-state index is 13.8. The number of hydrogen-bond donors (Lipinski definition) is 0. The zero-order chi connectivity index (χ0) is 31.9. The van der Waals surface area contributed by atoms with Gasteiger partial charge in [0.15, 0.2) is 0 Å². The first-order valence-corrected chi connectivity index (χ1v) is 16.7. The van der Waals surface area contributed by atoms with E-state index in [1.807, 2.05) is 30.3 Å². The lowest BCUT2D eigenvalue weighted by molar-refractivity contribution is -0.385. The second-order valence-corrected chi connectivity index (χ2v) is 14.3. The molecule has 0 spiro atoms. The van der Waals surface area contributed by atoms with Crippen LogP contribution in [0, 0.1) is 20.2 Å². The summed E-state index contributed by atoms with van der Waals surface area (Å²) in [5.41, 5.74) is 0.565. The predicted octanol–water partition coefficient (Wildman–Crippen LogP) is 4.46. The third kappa shape index (κ3) is 9.15. The van der Waals surface area contributed by atoms with Gasteiger partial charge in [0.05, 0.1) is 19.6 Å². The molecule has 13 nitrogen and oxygen atoms in total. The fraction of sp³-hybridized carbons (Fsp3) is 0.310. The van der Waals surface area contributed by atoms with E-state index < -0.39 is 29.9 Å². The molecule has 0 amide bonds. The molecule has 242 valence electrons. The molecule has 3 aromatic rings. The Bertz CT molecular complexity index is 1630. The highest BCUT2D eigenvalue weighted by molar-refractivity contribution is 7.89. The Balaban J connectivity index is 0.00000552. The van der Waals surface area contributed by atoms with Gasteiger partial charge < -0.3 is 0 Å². The first kappa shape index (κ1) is 35.7. The molecule has 0 unspecified atom stereocenters. The Labute approximate surface area is 268 Å². The Morgan fingerprint density at radius 2 is 1.11 bits per heavy atom. The molecule has 0 bridgehead atoms. The number of sulfonamides is 2. The van der Waals surface area contributed by atoms with Gasteiger partial charge in [0, 0.05) is 57.0 Å². The van der Waals surface area contributed by atoms with Gasteiger partial charge in [-0.25, -0.2) is 16.8 Å². The molecule has 0 aromatic heterocycles. The van der Waals surface area contributed by atoms with E-state index in [4.69, 9.17) is 0 Å². The average Bonchev–Trinajstić information content (AvgIpc) is 2.99. The van der Waals surface area contributed by atoms with Crippen molar-refractivity contribution in [2.75, 3.05) is 39.3 Å². The van der Waals surface area contributed by atoms with Crippen LogP contribution in [0.3, 0.4) is 0 Å². The van der Waals surface area contributed by atoms with Crippen LogP contribution in [-0.2, 0) is 26.6 Å². The molecule has 3 aromatic carbocycles. The number of rotatable bonds is 8. The summed E-state index contributed by atoms with van der Waals surface area (Å²) in [6, 6.07) is 19.2. The van der Waals surface area contributed by atoms with E-state index in [-0.39, 0.29) is 65.3 Å². The monoisotopic (exact) mass is 679 g/mol. The summed E-state index contributed by atoms with van der Waals surface area (Å²) < 4.78 is 57.3. The number of nitro benzene ring substituents is 2. The van der Waals surface area contributed by atoms with Crippen molar-refractivity contribution in [3.05, 3.63) is 117 Å². The minimum atomic E-state index is -4.23. The fourth-order valence-electron chi connectivity index (χ4n) is 4.98. The van der Waals surface area contributed by atoms with E-state index >= 15 is 0 Å². The van der Waals surface area contributed by atoms with Crippen molar-refractivity contribution < 1.29 is 26.7 Å². The van der Waals surface area contributed by atoms with Crippen molar-refractivity contribution in [3.63, 3.8) is 0 Å². The van der Waals surface area contributed by atoms with Crippen LogP contribution in [0.2, 0.25) is 0 Å². The van der Waals surface area contributed by atoms with Gasteiger partial charge in [0.1, 0.15) is 0 Å². The molecule has 1 heterocycles. The van der Waals surface area contributed by atoms with Crippen LogP contribution in [0.4, 0.5) is 11.4 Å². The highest BCUT2D eigenvalue weighted by Crippen LogP contribution is 2.25. The standard InChI is InChI=1S/C29H33N5O8S2.ClH/c1-24-21-31(43(39,40)28-13-5-11-26(19-28)33(35)36)17-7-15-30(23-25-9-3-2-4-10-25)16-8-18-32(22-24)44(41,42)29-14-6-12-27(20-29)34(37)38;/h2-6,9-14,19-20H,1,7-8,15-18,21-23H2;1H. The van der Waals surface area contributed by atoms with Crippen LogP contribution >= 0.6 is 12.4 Å². The molecule has 1 fully saturated rings. The zero-order valence-electron chi connectivity index (χ0n) is 24.3. The summed E-state index contributed by atoms with van der Waals surface area (Å²) in [6.45, 7) is 5.20. The molecule has 0 atom stereocenters. The van der Waals surface area contributed by atoms with Gasteiger partial charge in [0.2, 0.25) is 20.0 Å². The predicted molar refractivity (Wildman–Crippen MR) is 171 cm³/mol. The Morgan fingerprint density at radius 1 is 0.667 bits per heavy atom. The van der Waals surface area contributed by atoms with E-state index in [1.165, 1.54) is 36.4 Å². The van der Waals surface area contributed by atoms with E-state index in [0.29, 0.717) is 32.5 Å². The lowest BCUT2D eigenvalue weighted by Crippen LogP contribution is -2.41. The topological polar surface area (TPSA) is 164 Å². The zero-order valence-corrected chi connectivity index (χ0v) is 26.8. The van der Waals surface area contributed by atoms with E-state index in [9.17, 15) is 37.1 Å². The Hall–Kier alpha value is -3.73. The normalized spacial score (nSPS) is 16.6. The summed E-state index contributed by atoms with van der Waals surface area (Å²) in [6.07, 6.45) is 0.897. The largest absolute Gasteiger partial charge is 0.299 e. The molecule has 0 N–H and O–H groups in total. The SMILES string of the molecule is C=C1CN(S(=O)(=O)c2cccc([N+](=O)[O-])c2)CCCN(Cc2ccccc2)CCCN(S(=O)(=O)c2cccc([N+](=O)[O-])c2)C1.Cl. The Morgan fingerprint density at radius 3 is 1.53 bits per heavy atom. The maximum atomic E-state index is 13.8. The lowest BCUT2D eigenvalue weighted by atomic mass is 10.2. The molecule has 0 aliphatic carbocycles. The van der Waals surface area contributed by atoms with Gasteiger partial charge in [-0.2, -0.15) is 8.61 Å². The molecule has 1 aliphatic rings. The third-order valence-electron chi connectivity index (χ3n) is 7.15. The molecular formula is C29H34ClN5O8S2. The molecule has 0 saturated carbocycles. The summed E-state index contributed by atoms with van der Waals surface area (Å²) in [5.74, 6) is 0. The summed E-state index contributed by atoms with van der Waals surface area (Å²) >= 11 is 0. The van der Waals surface area contributed by atoms with Crippen LogP contribution in [0.15, 0.2) is 101 Å². The minimum absolute atomic E-state index is 0. The lowest BCUT2D eigenvalue weighted by Gasteiger charge is -2.30. The van der Waals surface area contributed by atoms with Crippen molar-refractivity contribution >= 4 is 43.8 Å². The van der Waals surface area contributed by atoms with Crippen molar-refractivity contribution in [3.8, 4) is 0 Å². The summed E-state index contributed by atoms with van der Waals surface area (Å²) in [5, 5.41) is 22.7. The van der Waals surface area contributed by atoms with Crippen molar-refractivity contribution in [1.29, 1.82) is 0 Å². The van der Waals surface area contributed by atoms with Crippen LogP contribution in [-0.4, -0.2) is 79.5 Å². The molecule has 45 heavy (non-hydrogen) atoms. The molecule has 1 aliphatic heterocycles. The van der Waals surface area contributed by atoms with Gasteiger partial charge in [0.25, 0.3) is 11.4 Å². The van der Waals surface area contributed by atoms with E-state index in [0.717, 1.165) is 26.3 Å². The number of nitrogens with zero attached hydrogens (tertiary/aromatic N) is 5. The highest BCUT2D eigenvalue weighted by Gasteiger charge is 2.31. The van der Waals surface area contributed by atoms with E-state index in [1.54, 1.807) is 0 Å². The Kier molecular flexibility index (Phi) is 12.3. The van der Waals surface area contributed by atoms with Crippen LogP contribution in [0.25, 0.3) is 0 Å². The van der Waals surface area contributed by atoms with Gasteiger partial charge in [-0.15, -0.1) is 12.4 Å². The van der Waals surface area contributed by atoms with Gasteiger partial charge in [-0.3, -0.25) is 25.1 Å². The van der Waals surface area contributed by atoms with E-state index in [2.05, 4.69) is 11.5 Å². The maximum Gasteiger partial charge on any atom is 0.270 e. The molecular weight excluding hydrogens is 646 g/mol. The second kappa shape index (κ2) is 15.5. The molecule has 16 heteroatoms. The number of nitro groups is 2. The third-order valence-corrected chi connectivity index (χ3v) is 10.8. The first-order valence-electron chi connectivity index (χ1n) is 13.8. The average molecular weight is 680 g/mol. The highest BCUT2D eigenvalue weighted by atomic mass is 35.5. The van der Waals surface area contributed by atoms with Crippen LogP contribution in [0.5, 0.6) is 0 Å². The van der Waals surface area contributed by atoms with Gasteiger partial charge >= 0.3 is 0 Å². The molecule has 1 saturated heterocycles. The minimum Gasteiger partial charge on any atom is -0.299 e. The quantitative estimate of drug-likeness (QED) is 0.190. The van der Waals surface area contributed by atoms with Crippen molar-refractivity contribution in [2.24, 2.45) is 0 Å². The van der Waals surface area contributed by atoms with Crippen molar-refractivity contribution in [2.45, 2.75) is 29.2 Å². The summed E-state index contributed by atoms with van der Waals surface area (Å²) in [7, 11) is -8.46. The van der Waals surface area contributed by atoms with Gasteiger partial charge in [-0.05, 0) is 49.2 Å². The number of non-ortho nitro benzene ring substituents is 2. The van der Waals surface area contributed by atoms with Crippen molar-refractivity contribution in [1.82, 2.24) is 13.5 Å². The first-order chi connectivity index (χ1) is 20.9. The second-order valence-electron chi connectivity index (χ2n) is 10.4.